The molecule has 25 heavy (non-hydrogen) atoms. The SMILES string of the molecule is O=C1N[C@H](c2cncc(-c3cccnc3)c2)[C@@H](c2ccc(F)cc2)O1. The molecule has 124 valence electrons. The monoisotopic (exact) mass is 335 g/mol. The standard InChI is InChI=1S/C19H14FN3O2/c20-16-5-3-12(4-6-16)18-17(23-19(24)25-18)15-8-14(10-22-11-15)13-2-1-7-21-9-13/h1-11,17-18H,(H,23,24)/t17-,18-/m1/s1. The highest BCUT2D eigenvalue weighted by Crippen LogP contribution is 2.37. The van der Waals surface area contributed by atoms with Gasteiger partial charge in [-0.05, 0) is 35.4 Å². The third-order valence-corrected chi connectivity index (χ3v) is 4.12. The van der Waals surface area contributed by atoms with Crippen LogP contribution in [0.5, 0.6) is 0 Å². The molecular formula is C19H14FN3O2. The van der Waals surface area contributed by atoms with E-state index >= 15 is 0 Å². The van der Waals surface area contributed by atoms with E-state index in [9.17, 15) is 9.18 Å². The summed E-state index contributed by atoms with van der Waals surface area (Å²) in [6, 6.07) is 11.3. The van der Waals surface area contributed by atoms with Gasteiger partial charge in [0.15, 0.2) is 6.10 Å². The van der Waals surface area contributed by atoms with Gasteiger partial charge in [0, 0.05) is 35.9 Å². The summed E-state index contributed by atoms with van der Waals surface area (Å²) < 4.78 is 18.6. The molecular weight excluding hydrogens is 321 g/mol. The molecule has 1 aromatic carbocycles. The summed E-state index contributed by atoms with van der Waals surface area (Å²) in [5.41, 5.74) is 3.35. The summed E-state index contributed by atoms with van der Waals surface area (Å²) in [6.45, 7) is 0. The Kier molecular flexibility index (Phi) is 3.85. The fourth-order valence-electron chi connectivity index (χ4n) is 2.91. The highest BCUT2D eigenvalue weighted by molar-refractivity contribution is 5.71. The molecule has 0 aliphatic carbocycles. The quantitative estimate of drug-likeness (QED) is 0.790. The number of carbonyl (C=O) groups excluding carboxylic acids is 1. The van der Waals surface area contributed by atoms with Crippen molar-refractivity contribution in [3.05, 3.63) is 84.2 Å². The lowest BCUT2D eigenvalue weighted by molar-refractivity contribution is 0.132. The third kappa shape index (κ3) is 3.06. The van der Waals surface area contributed by atoms with Gasteiger partial charge in [-0.1, -0.05) is 18.2 Å². The Morgan fingerprint density at radius 2 is 1.76 bits per heavy atom. The van der Waals surface area contributed by atoms with Gasteiger partial charge in [-0.3, -0.25) is 9.97 Å². The van der Waals surface area contributed by atoms with Crippen molar-refractivity contribution < 1.29 is 13.9 Å². The van der Waals surface area contributed by atoms with Crippen molar-refractivity contribution in [2.24, 2.45) is 0 Å². The minimum Gasteiger partial charge on any atom is -0.439 e. The molecule has 1 amide bonds. The lowest BCUT2D eigenvalue weighted by Gasteiger charge is -2.18. The van der Waals surface area contributed by atoms with Gasteiger partial charge in [0.25, 0.3) is 0 Å². The molecule has 3 heterocycles. The first-order chi connectivity index (χ1) is 12.2. The lowest BCUT2D eigenvalue weighted by atomic mass is 9.96. The molecule has 1 saturated heterocycles. The first-order valence-electron chi connectivity index (χ1n) is 7.79. The van der Waals surface area contributed by atoms with Crippen molar-refractivity contribution in [3.8, 4) is 11.1 Å². The normalized spacial score (nSPS) is 19.3. The van der Waals surface area contributed by atoms with E-state index in [1.807, 2.05) is 18.2 Å². The van der Waals surface area contributed by atoms with Crippen LogP contribution in [0.1, 0.15) is 23.3 Å². The molecule has 0 saturated carbocycles. The molecule has 1 aliphatic heterocycles. The minimum atomic E-state index is -0.543. The number of carbonyl (C=O) groups is 1. The number of alkyl carbamates (subject to hydrolysis) is 1. The fourth-order valence-corrected chi connectivity index (χ4v) is 2.91. The van der Waals surface area contributed by atoms with Crippen LogP contribution in [-0.4, -0.2) is 16.1 Å². The van der Waals surface area contributed by atoms with E-state index in [4.69, 9.17) is 4.74 Å². The number of hydrogen-bond acceptors (Lipinski definition) is 4. The molecule has 1 aliphatic rings. The average molecular weight is 335 g/mol. The maximum atomic E-state index is 13.2. The van der Waals surface area contributed by atoms with Crippen LogP contribution >= 0.6 is 0 Å². The second kappa shape index (κ2) is 6.32. The molecule has 0 bridgehead atoms. The molecule has 6 heteroatoms. The number of amides is 1. The van der Waals surface area contributed by atoms with Crippen LogP contribution in [-0.2, 0) is 4.74 Å². The molecule has 0 unspecified atom stereocenters. The Morgan fingerprint density at radius 3 is 2.52 bits per heavy atom. The molecule has 2 aromatic heterocycles. The van der Waals surface area contributed by atoms with E-state index in [-0.39, 0.29) is 5.82 Å². The fraction of sp³-hybridized carbons (Fsp3) is 0.105. The lowest BCUT2D eigenvalue weighted by Crippen LogP contribution is -2.19. The number of hydrogen-bond donors (Lipinski definition) is 1. The van der Waals surface area contributed by atoms with Gasteiger partial charge < -0.3 is 10.1 Å². The first-order valence-corrected chi connectivity index (χ1v) is 7.79. The molecule has 1 fully saturated rings. The summed E-state index contributed by atoms with van der Waals surface area (Å²) in [6.07, 6.45) is 5.84. The molecule has 0 spiro atoms. The Hall–Kier alpha value is -3.28. The van der Waals surface area contributed by atoms with E-state index in [2.05, 4.69) is 15.3 Å². The Labute approximate surface area is 143 Å². The number of cyclic esters (lactones) is 1. The minimum absolute atomic E-state index is 0.335. The van der Waals surface area contributed by atoms with Gasteiger partial charge in [-0.15, -0.1) is 0 Å². The molecule has 2 atom stereocenters. The Morgan fingerprint density at radius 1 is 0.960 bits per heavy atom. The number of ether oxygens (including phenoxy) is 1. The highest BCUT2D eigenvalue weighted by Gasteiger charge is 2.36. The first kappa shape index (κ1) is 15.3. The zero-order valence-electron chi connectivity index (χ0n) is 13.1. The average Bonchev–Trinajstić information content (AvgIpc) is 3.05. The summed E-state index contributed by atoms with van der Waals surface area (Å²) >= 11 is 0. The predicted molar refractivity (Wildman–Crippen MR) is 89.0 cm³/mol. The van der Waals surface area contributed by atoms with Crippen LogP contribution in [0.15, 0.2) is 67.3 Å². The van der Waals surface area contributed by atoms with Gasteiger partial charge >= 0.3 is 6.09 Å². The number of nitrogens with one attached hydrogen (secondary N) is 1. The van der Waals surface area contributed by atoms with Crippen LogP contribution in [0.3, 0.4) is 0 Å². The van der Waals surface area contributed by atoms with Gasteiger partial charge in [-0.2, -0.15) is 0 Å². The predicted octanol–water partition coefficient (Wildman–Crippen LogP) is 3.80. The number of benzene rings is 1. The van der Waals surface area contributed by atoms with Crippen molar-refractivity contribution >= 4 is 6.09 Å². The smallest absolute Gasteiger partial charge is 0.408 e. The second-order valence-electron chi connectivity index (χ2n) is 5.75. The third-order valence-electron chi connectivity index (χ3n) is 4.12. The summed E-state index contributed by atoms with van der Waals surface area (Å²) in [7, 11) is 0. The van der Waals surface area contributed by atoms with Crippen molar-refractivity contribution in [2.45, 2.75) is 12.1 Å². The van der Waals surface area contributed by atoms with Crippen LogP contribution in [0.25, 0.3) is 11.1 Å². The van der Waals surface area contributed by atoms with E-state index in [1.165, 1.54) is 12.1 Å². The number of nitrogens with zero attached hydrogens (tertiary/aromatic N) is 2. The van der Waals surface area contributed by atoms with E-state index in [0.29, 0.717) is 0 Å². The van der Waals surface area contributed by atoms with Crippen LogP contribution < -0.4 is 5.32 Å². The second-order valence-corrected chi connectivity index (χ2v) is 5.75. The number of aromatic nitrogens is 2. The van der Waals surface area contributed by atoms with E-state index in [1.54, 1.807) is 36.9 Å². The molecule has 0 radical (unpaired) electrons. The topological polar surface area (TPSA) is 64.1 Å². The van der Waals surface area contributed by atoms with Crippen molar-refractivity contribution in [3.63, 3.8) is 0 Å². The Balaban J connectivity index is 1.70. The van der Waals surface area contributed by atoms with Crippen LogP contribution in [0.4, 0.5) is 9.18 Å². The number of pyridine rings is 2. The largest absolute Gasteiger partial charge is 0.439 e. The van der Waals surface area contributed by atoms with Crippen molar-refractivity contribution in [1.82, 2.24) is 15.3 Å². The van der Waals surface area contributed by atoms with E-state index < -0.39 is 18.2 Å². The van der Waals surface area contributed by atoms with Gasteiger partial charge in [0.1, 0.15) is 11.9 Å². The highest BCUT2D eigenvalue weighted by atomic mass is 19.1. The van der Waals surface area contributed by atoms with Crippen LogP contribution in [0.2, 0.25) is 0 Å². The molecule has 3 aromatic rings. The Bertz CT molecular complexity index is 900. The number of rotatable bonds is 3. The van der Waals surface area contributed by atoms with Gasteiger partial charge in [-0.25, -0.2) is 9.18 Å². The molecule has 1 N–H and O–H groups in total. The van der Waals surface area contributed by atoms with Crippen molar-refractivity contribution in [2.75, 3.05) is 0 Å². The maximum absolute atomic E-state index is 13.2. The van der Waals surface area contributed by atoms with Gasteiger partial charge in [0.2, 0.25) is 0 Å². The molecule has 4 rings (SSSR count). The zero-order chi connectivity index (χ0) is 17.2. The summed E-state index contributed by atoms with van der Waals surface area (Å²) in [5, 5.41) is 2.80. The van der Waals surface area contributed by atoms with Gasteiger partial charge in [0.05, 0.1) is 0 Å². The van der Waals surface area contributed by atoms with E-state index in [0.717, 1.165) is 22.3 Å². The molecule has 5 nitrogen and oxygen atoms in total. The maximum Gasteiger partial charge on any atom is 0.408 e. The van der Waals surface area contributed by atoms with Crippen LogP contribution in [0, 0.1) is 5.82 Å². The number of halogens is 1. The zero-order valence-corrected chi connectivity index (χ0v) is 13.1. The van der Waals surface area contributed by atoms with Crippen molar-refractivity contribution in [1.29, 1.82) is 0 Å². The summed E-state index contributed by atoms with van der Waals surface area (Å²) in [5.74, 6) is -0.335. The summed E-state index contributed by atoms with van der Waals surface area (Å²) in [4.78, 5) is 20.2.